The molecular formula is C23H25ClN6O2S. The first-order chi connectivity index (χ1) is 16.0. The van der Waals surface area contributed by atoms with Gasteiger partial charge in [0.25, 0.3) is 5.19 Å². The summed E-state index contributed by atoms with van der Waals surface area (Å²) in [6.45, 7) is 7.99. The van der Waals surface area contributed by atoms with Crippen molar-refractivity contribution in [3.8, 4) is 16.5 Å². The third kappa shape index (κ3) is 4.79. The Morgan fingerprint density at radius 1 is 1.09 bits per heavy atom. The summed E-state index contributed by atoms with van der Waals surface area (Å²) in [6, 6.07) is 8.20. The van der Waals surface area contributed by atoms with Crippen molar-refractivity contribution in [3.63, 3.8) is 0 Å². The van der Waals surface area contributed by atoms with E-state index >= 15 is 0 Å². The predicted molar refractivity (Wildman–Crippen MR) is 129 cm³/mol. The van der Waals surface area contributed by atoms with Crippen LogP contribution in [-0.2, 0) is 0 Å². The number of aromatic nitrogens is 5. The van der Waals surface area contributed by atoms with Gasteiger partial charge in [-0.05, 0) is 49.9 Å². The second-order valence-corrected chi connectivity index (χ2v) is 9.93. The molecule has 1 fully saturated rings. The third-order valence-electron chi connectivity index (χ3n) is 5.97. The van der Waals surface area contributed by atoms with Crippen LogP contribution in [0.5, 0.6) is 5.19 Å². The molecule has 1 unspecified atom stereocenters. The lowest BCUT2D eigenvalue weighted by Crippen LogP contribution is -2.38. The Bertz CT molecular complexity index is 1230. The number of nitrogens with zero attached hydrogens (tertiary/aromatic N) is 6. The van der Waals surface area contributed by atoms with Crippen molar-refractivity contribution in [1.29, 1.82) is 0 Å². The number of halogens is 1. The van der Waals surface area contributed by atoms with Crippen LogP contribution in [0.4, 0.5) is 6.01 Å². The normalized spacial score (nSPS) is 16.0. The molecule has 1 aliphatic rings. The molecule has 1 saturated heterocycles. The topological polar surface area (TPSA) is 90.1 Å². The highest BCUT2D eigenvalue weighted by Crippen LogP contribution is 2.32. The van der Waals surface area contributed by atoms with Gasteiger partial charge in [0.05, 0.1) is 5.69 Å². The summed E-state index contributed by atoms with van der Waals surface area (Å²) in [7, 11) is 0. The Labute approximate surface area is 201 Å². The van der Waals surface area contributed by atoms with E-state index in [-0.39, 0.29) is 12.0 Å². The summed E-state index contributed by atoms with van der Waals surface area (Å²) in [5.74, 6) is 1.45. The molecule has 172 valence electrons. The number of piperidine rings is 1. The molecule has 0 N–H and O–H groups in total. The van der Waals surface area contributed by atoms with Crippen molar-refractivity contribution in [2.75, 3.05) is 18.0 Å². The summed E-state index contributed by atoms with van der Waals surface area (Å²) in [4.78, 5) is 21.0. The standard InChI is InChI=1S/C23H25ClN6O2S/c1-13(2)20-28-22(32-29-20)30-10-8-15(9-11-30)14(3)31-23-27-18-6-5-17(26-21(18)33-23)16-4-7-19(24)25-12-16/h4-7,12-15H,8-11H2,1-3H3. The molecule has 4 aromatic heterocycles. The first-order valence-corrected chi connectivity index (χ1v) is 12.3. The van der Waals surface area contributed by atoms with E-state index in [1.807, 2.05) is 18.2 Å². The largest absolute Gasteiger partial charge is 0.467 e. The molecule has 8 nitrogen and oxygen atoms in total. The maximum Gasteiger partial charge on any atom is 0.324 e. The Balaban J connectivity index is 1.22. The lowest BCUT2D eigenvalue weighted by atomic mass is 9.92. The zero-order valence-electron chi connectivity index (χ0n) is 18.7. The second kappa shape index (κ2) is 9.23. The quantitative estimate of drug-likeness (QED) is 0.327. The van der Waals surface area contributed by atoms with Crippen molar-refractivity contribution in [3.05, 3.63) is 41.4 Å². The van der Waals surface area contributed by atoms with E-state index in [0.717, 1.165) is 53.4 Å². The average Bonchev–Trinajstić information content (AvgIpc) is 3.46. The number of rotatable bonds is 6. The molecule has 0 aliphatic carbocycles. The molecule has 0 radical (unpaired) electrons. The van der Waals surface area contributed by atoms with Gasteiger partial charge in [-0.3, -0.25) is 0 Å². The summed E-state index contributed by atoms with van der Waals surface area (Å²) in [5, 5.41) is 5.19. The summed E-state index contributed by atoms with van der Waals surface area (Å²) in [5.41, 5.74) is 2.59. The number of thiazole rings is 1. The smallest absolute Gasteiger partial charge is 0.324 e. The fourth-order valence-corrected chi connectivity index (χ4v) is 4.92. The summed E-state index contributed by atoms with van der Waals surface area (Å²) in [6.07, 6.45) is 3.78. The number of hydrogen-bond donors (Lipinski definition) is 0. The Morgan fingerprint density at radius 2 is 1.91 bits per heavy atom. The highest BCUT2D eigenvalue weighted by Gasteiger charge is 2.28. The van der Waals surface area contributed by atoms with Gasteiger partial charge in [0.1, 0.15) is 21.6 Å². The van der Waals surface area contributed by atoms with Crippen molar-refractivity contribution in [2.24, 2.45) is 5.92 Å². The Hall–Kier alpha value is -2.78. The number of pyridine rings is 2. The van der Waals surface area contributed by atoms with Gasteiger partial charge in [-0.15, -0.1) is 0 Å². The molecule has 1 atom stereocenters. The van der Waals surface area contributed by atoms with Gasteiger partial charge in [-0.1, -0.05) is 41.9 Å². The number of hydrogen-bond acceptors (Lipinski definition) is 9. The minimum Gasteiger partial charge on any atom is -0.467 e. The fraction of sp³-hybridized carbons (Fsp3) is 0.435. The molecule has 0 spiro atoms. The molecule has 10 heteroatoms. The lowest BCUT2D eigenvalue weighted by Gasteiger charge is -2.33. The van der Waals surface area contributed by atoms with E-state index in [9.17, 15) is 0 Å². The number of ether oxygens (including phenoxy) is 1. The van der Waals surface area contributed by atoms with Gasteiger partial charge in [0, 0.05) is 30.8 Å². The van der Waals surface area contributed by atoms with E-state index in [4.69, 9.17) is 25.8 Å². The number of fused-ring (bicyclic) bond motifs is 1. The zero-order valence-corrected chi connectivity index (χ0v) is 20.3. The van der Waals surface area contributed by atoms with Crippen molar-refractivity contribution >= 4 is 39.3 Å². The van der Waals surface area contributed by atoms with Crippen LogP contribution in [0.2, 0.25) is 5.15 Å². The molecule has 0 bridgehead atoms. The van der Waals surface area contributed by atoms with Crippen molar-refractivity contribution in [1.82, 2.24) is 25.1 Å². The SMILES string of the molecule is CC(C)c1noc(N2CCC(C(C)Oc3nc4ccc(-c5ccc(Cl)nc5)nc4s3)CC2)n1. The van der Waals surface area contributed by atoms with Crippen LogP contribution in [0.25, 0.3) is 21.6 Å². The van der Waals surface area contributed by atoms with Gasteiger partial charge in [0.2, 0.25) is 0 Å². The van der Waals surface area contributed by atoms with Gasteiger partial charge in [-0.2, -0.15) is 4.98 Å². The average molecular weight is 485 g/mol. The van der Waals surface area contributed by atoms with E-state index in [1.54, 1.807) is 12.3 Å². The van der Waals surface area contributed by atoms with Gasteiger partial charge in [0.15, 0.2) is 5.82 Å². The van der Waals surface area contributed by atoms with Crippen LogP contribution in [0, 0.1) is 5.92 Å². The highest BCUT2D eigenvalue weighted by molar-refractivity contribution is 7.19. The van der Waals surface area contributed by atoms with Crippen LogP contribution in [0.1, 0.15) is 45.4 Å². The van der Waals surface area contributed by atoms with Gasteiger partial charge in [-0.25, -0.2) is 15.0 Å². The molecular weight excluding hydrogens is 460 g/mol. The predicted octanol–water partition coefficient (Wildman–Crippen LogP) is 5.60. The molecule has 0 aromatic carbocycles. The first-order valence-electron chi connectivity index (χ1n) is 11.1. The van der Waals surface area contributed by atoms with Gasteiger partial charge < -0.3 is 14.2 Å². The van der Waals surface area contributed by atoms with Crippen molar-refractivity contribution < 1.29 is 9.26 Å². The van der Waals surface area contributed by atoms with Crippen LogP contribution in [0.3, 0.4) is 0 Å². The van der Waals surface area contributed by atoms with E-state index in [0.29, 0.717) is 22.3 Å². The van der Waals surface area contributed by atoms with Crippen LogP contribution in [0.15, 0.2) is 35.0 Å². The highest BCUT2D eigenvalue weighted by atomic mass is 35.5. The maximum atomic E-state index is 6.24. The minimum atomic E-state index is 0.0570. The second-order valence-electron chi connectivity index (χ2n) is 8.61. The Morgan fingerprint density at radius 3 is 2.61 bits per heavy atom. The number of anilines is 1. The molecule has 5 heterocycles. The van der Waals surface area contributed by atoms with Crippen LogP contribution in [-0.4, -0.2) is 44.3 Å². The van der Waals surface area contributed by atoms with Crippen LogP contribution >= 0.6 is 22.9 Å². The molecule has 0 amide bonds. The Kier molecular flexibility index (Phi) is 6.16. The monoisotopic (exact) mass is 484 g/mol. The van der Waals surface area contributed by atoms with Crippen molar-refractivity contribution in [2.45, 2.75) is 45.6 Å². The zero-order chi connectivity index (χ0) is 22.9. The molecule has 5 rings (SSSR count). The maximum absolute atomic E-state index is 6.24. The minimum absolute atomic E-state index is 0.0570. The molecule has 33 heavy (non-hydrogen) atoms. The van der Waals surface area contributed by atoms with E-state index in [1.165, 1.54) is 11.3 Å². The molecule has 0 saturated carbocycles. The third-order valence-corrected chi connectivity index (χ3v) is 7.05. The van der Waals surface area contributed by atoms with Crippen LogP contribution < -0.4 is 9.64 Å². The summed E-state index contributed by atoms with van der Waals surface area (Å²) < 4.78 is 11.7. The fourth-order valence-electron chi connectivity index (χ4n) is 3.94. The summed E-state index contributed by atoms with van der Waals surface area (Å²) >= 11 is 7.36. The van der Waals surface area contributed by atoms with E-state index in [2.05, 4.69) is 45.8 Å². The lowest BCUT2D eigenvalue weighted by molar-refractivity contribution is 0.131. The molecule has 4 aromatic rings. The molecule has 1 aliphatic heterocycles. The first kappa shape index (κ1) is 22.0. The van der Waals surface area contributed by atoms with Gasteiger partial charge >= 0.3 is 6.01 Å². The van der Waals surface area contributed by atoms with E-state index < -0.39 is 0 Å².